The number of pyridine rings is 1. The molecule has 0 aliphatic carbocycles. The van der Waals surface area contributed by atoms with E-state index in [0.717, 1.165) is 24.5 Å². The molecule has 2 rings (SSSR count). The number of likely N-dealkylation sites (N-methyl/N-ethyl adjacent to an activating group) is 1. The topological polar surface area (TPSA) is 50.7 Å². The second kappa shape index (κ2) is 6.21. The van der Waals surface area contributed by atoms with Crippen molar-refractivity contribution in [3.8, 4) is 0 Å². The summed E-state index contributed by atoms with van der Waals surface area (Å²) in [5.74, 6) is 0.807. The third kappa shape index (κ3) is 3.34. The van der Waals surface area contributed by atoms with Crippen molar-refractivity contribution in [2.45, 2.75) is 26.3 Å². The molecule has 2 aromatic rings. The van der Waals surface area contributed by atoms with Gasteiger partial charge in [0.25, 0.3) is 0 Å². The molecule has 2 aromatic heterocycles. The lowest BCUT2D eigenvalue weighted by atomic mass is 10.0. The Morgan fingerprint density at radius 1 is 1.28 bits per heavy atom. The Labute approximate surface area is 108 Å². The first-order valence-corrected chi connectivity index (χ1v) is 6.21. The number of rotatable bonds is 5. The van der Waals surface area contributed by atoms with Crippen LogP contribution in [0.4, 0.5) is 0 Å². The van der Waals surface area contributed by atoms with Crippen LogP contribution in [0.1, 0.15) is 30.0 Å². The molecule has 0 saturated heterocycles. The summed E-state index contributed by atoms with van der Waals surface area (Å²) >= 11 is 0. The molecule has 1 N–H and O–H groups in total. The molecule has 1 atom stereocenters. The van der Waals surface area contributed by atoms with Gasteiger partial charge in [-0.15, -0.1) is 0 Å². The van der Waals surface area contributed by atoms with Crippen LogP contribution in [0.25, 0.3) is 0 Å². The average Bonchev–Trinajstić information content (AvgIpc) is 2.39. The van der Waals surface area contributed by atoms with E-state index >= 15 is 0 Å². The highest BCUT2D eigenvalue weighted by Gasteiger charge is 2.12. The first kappa shape index (κ1) is 12.6. The van der Waals surface area contributed by atoms with Crippen molar-refractivity contribution in [1.82, 2.24) is 20.3 Å². The molecule has 0 fully saturated rings. The van der Waals surface area contributed by atoms with Gasteiger partial charge in [0.05, 0.1) is 11.7 Å². The number of aryl methyl sites for hydroxylation is 1. The first-order valence-electron chi connectivity index (χ1n) is 6.21. The molecule has 0 radical (unpaired) electrons. The van der Waals surface area contributed by atoms with Gasteiger partial charge in [0, 0.05) is 18.6 Å². The van der Waals surface area contributed by atoms with Crippen molar-refractivity contribution < 1.29 is 0 Å². The van der Waals surface area contributed by atoms with Gasteiger partial charge in [0.15, 0.2) is 0 Å². The van der Waals surface area contributed by atoms with Crippen LogP contribution in [0.15, 0.2) is 36.8 Å². The average molecular weight is 242 g/mol. The van der Waals surface area contributed by atoms with E-state index in [-0.39, 0.29) is 6.04 Å². The molecule has 1 unspecified atom stereocenters. The van der Waals surface area contributed by atoms with Gasteiger partial charge in [-0.25, -0.2) is 9.97 Å². The lowest BCUT2D eigenvalue weighted by Gasteiger charge is -2.17. The minimum Gasteiger partial charge on any atom is -0.309 e. The van der Waals surface area contributed by atoms with Crippen LogP contribution in [0.5, 0.6) is 0 Å². The summed E-state index contributed by atoms with van der Waals surface area (Å²) in [6, 6.07) is 6.23. The molecule has 4 nitrogen and oxygen atoms in total. The summed E-state index contributed by atoms with van der Waals surface area (Å²) in [5, 5.41) is 3.46. The zero-order chi connectivity index (χ0) is 12.8. The standard InChI is InChI=1S/C14H18N4/c1-3-16-14(9-12-5-4-7-15-10-12)13-6-8-17-11(2)18-13/h4-8,10,14,16H,3,9H2,1-2H3. The van der Waals surface area contributed by atoms with Crippen molar-refractivity contribution in [1.29, 1.82) is 0 Å². The number of nitrogens with zero attached hydrogens (tertiary/aromatic N) is 3. The van der Waals surface area contributed by atoms with Crippen molar-refractivity contribution in [2.24, 2.45) is 0 Å². The molecule has 18 heavy (non-hydrogen) atoms. The molecular weight excluding hydrogens is 224 g/mol. The molecule has 2 heterocycles. The number of nitrogens with one attached hydrogen (secondary N) is 1. The van der Waals surface area contributed by atoms with Crippen LogP contribution in [0.3, 0.4) is 0 Å². The highest BCUT2D eigenvalue weighted by atomic mass is 15.0. The van der Waals surface area contributed by atoms with Crippen LogP contribution in [0, 0.1) is 6.92 Å². The lowest BCUT2D eigenvalue weighted by molar-refractivity contribution is 0.533. The zero-order valence-electron chi connectivity index (χ0n) is 10.8. The van der Waals surface area contributed by atoms with E-state index in [9.17, 15) is 0 Å². The Hall–Kier alpha value is -1.81. The fourth-order valence-corrected chi connectivity index (χ4v) is 1.95. The van der Waals surface area contributed by atoms with E-state index in [0.29, 0.717) is 0 Å². The summed E-state index contributed by atoms with van der Waals surface area (Å²) in [6.07, 6.45) is 6.39. The van der Waals surface area contributed by atoms with Crippen LogP contribution in [-0.2, 0) is 6.42 Å². The molecule has 0 bridgehead atoms. The predicted molar refractivity (Wildman–Crippen MR) is 71.1 cm³/mol. The molecule has 0 aliphatic heterocycles. The van der Waals surface area contributed by atoms with Crippen LogP contribution < -0.4 is 5.32 Å². The van der Waals surface area contributed by atoms with Crippen molar-refractivity contribution >= 4 is 0 Å². The first-order chi connectivity index (χ1) is 8.79. The van der Waals surface area contributed by atoms with Gasteiger partial charge in [0.1, 0.15) is 5.82 Å². The maximum atomic E-state index is 4.49. The molecule has 0 amide bonds. The largest absolute Gasteiger partial charge is 0.309 e. The Bertz CT molecular complexity index is 484. The van der Waals surface area contributed by atoms with E-state index in [1.54, 1.807) is 6.20 Å². The number of hydrogen-bond acceptors (Lipinski definition) is 4. The fourth-order valence-electron chi connectivity index (χ4n) is 1.95. The van der Waals surface area contributed by atoms with E-state index in [1.165, 1.54) is 5.56 Å². The zero-order valence-corrected chi connectivity index (χ0v) is 10.8. The molecule has 4 heteroatoms. The minimum atomic E-state index is 0.209. The van der Waals surface area contributed by atoms with Crippen molar-refractivity contribution in [3.05, 3.63) is 53.9 Å². The predicted octanol–water partition coefficient (Wildman–Crippen LogP) is 2.07. The van der Waals surface area contributed by atoms with E-state index in [4.69, 9.17) is 0 Å². The monoisotopic (exact) mass is 242 g/mol. The molecule has 0 spiro atoms. The van der Waals surface area contributed by atoms with Gasteiger partial charge in [-0.2, -0.15) is 0 Å². The number of hydrogen-bond donors (Lipinski definition) is 1. The Kier molecular flexibility index (Phi) is 4.36. The van der Waals surface area contributed by atoms with Gasteiger partial charge in [-0.05, 0) is 37.6 Å². The fraction of sp³-hybridized carbons (Fsp3) is 0.357. The van der Waals surface area contributed by atoms with Crippen LogP contribution in [-0.4, -0.2) is 21.5 Å². The summed E-state index contributed by atoms with van der Waals surface area (Å²) in [5.41, 5.74) is 2.24. The molecule has 94 valence electrons. The molecule has 0 aromatic carbocycles. The third-order valence-electron chi connectivity index (χ3n) is 2.77. The van der Waals surface area contributed by atoms with Gasteiger partial charge in [-0.1, -0.05) is 13.0 Å². The SMILES string of the molecule is CCNC(Cc1cccnc1)c1ccnc(C)n1. The molecular formula is C14H18N4. The van der Waals surface area contributed by atoms with E-state index in [1.807, 2.05) is 31.5 Å². The highest BCUT2D eigenvalue weighted by Crippen LogP contribution is 2.15. The summed E-state index contributed by atoms with van der Waals surface area (Å²) < 4.78 is 0. The summed E-state index contributed by atoms with van der Waals surface area (Å²) in [7, 11) is 0. The molecule has 0 saturated carbocycles. The van der Waals surface area contributed by atoms with E-state index < -0.39 is 0 Å². The Morgan fingerprint density at radius 3 is 2.83 bits per heavy atom. The quantitative estimate of drug-likeness (QED) is 0.872. The van der Waals surface area contributed by atoms with Gasteiger partial charge >= 0.3 is 0 Å². The lowest BCUT2D eigenvalue weighted by Crippen LogP contribution is -2.24. The maximum absolute atomic E-state index is 4.49. The van der Waals surface area contributed by atoms with Gasteiger partial charge < -0.3 is 5.32 Å². The highest BCUT2D eigenvalue weighted by molar-refractivity contribution is 5.15. The summed E-state index contributed by atoms with van der Waals surface area (Å²) in [4.78, 5) is 12.8. The Morgan fingerprint density at radius 2 is 2.17 bits per heavy atom. The van der Waals surface area contributed by atoms with E-state index in [2.05, 4.69) is 33.3 Å². The minimum absolute atomic E-state index is 0.209. The smallest absolute Gasteiger partial charge is 0.125 e. The van der Waals surface area contributed by atoms with Crippen molar-refractivity contribution in [3.63, 3.8) is 0 Å². The third-order valence-corrected chi connectivity index (χ3v) is 2.77. The van der Waals surface area contributed by atoms with Crippen molar-refractivity contribution in [2.75, 3.05) is 6.54 Å². The summed E-state index contributed by atoms with van der Waals surface area (Å²) in [6.45, 7) is 4.93. The Balaban J connectivity index is 2.18. The number of aromatic nitrogens is 3. The molecule has 0 aliphatic rings. The second-order valence-corrected chi connectivity index (χ2v) is 4.20. The maximum Gasteiger partial charge on any atom is 0.125 e. The van der Waals surface area contributed by atoms with Gasteiger partial charge in [-0.3, -0.25) is 4.98 Å². The van der Waals surface area contributed by atoms with Crippen LogP contribution in [0.2, 0.25) is 0 Å². The second-order valence-electron chi connectivity index (χ2n) is 4.20. The normalized spacial score (nSPS) is 12.3. The van der Waals surface area contributed by atoms with Gasteiger partial charge in [0.2, 0.25) is 0 Å². The van der Waals surface area contributed by atoms with Crippen LogP contribution >= 0.6 is 0 Å².